The van der Waals surface area contributed by atoms with E-state index in [-0.39, 0.29) is 5.56 Å². The van der Waals surface area contributed by atoms with E-state index < -0.39 is 11.4 Å². The molecule has 0 saturated heterocycles. The number of H-pyrrole nitrogens is 1. The number of aromatic amines is 1. The summed E-state index contributed by atoms with van der Waals surface area (Å²) in [6.45, 7) is 0. The highest BCUT2D eigenvalue weighted by molar-refractivity contribution is 6.32. The minimum absolute atomic E-state index is 0.244. The first-order valence-corrected chi connectivity index (χ1v) is 6.04. The third-order valence-electron chi connectivity index (χ3n) is 3.25. The van der Waals surface area contributed by atoms with E-state index >= 15 is 0 Å². The second kappa shape index (κ2) is 3.85. The van der Waals surface area contributed by atoms with Gasteiger partial charge in [0.15, 0.2) is 0 Å². The molecule has 1 aliphatic rings. The van der Waals surface area contributed by atoms with E-state index in [0.717, 1.165) is 18.4 Å². The molecule has 0 unspecified atom stereocenters. The Morgan fingerprint density at radius 3 is 2.72 bits per heavy atom. The van der Waals surface area contributed by atoms with Gasteiger partial charge < -0.3 is 10.1 Å². The third kappa shape index (κ3) is 1.69. The zero-order valence-corrected chi connectivity index (χ0v) is 10.1. The van der Waals surface area contributed by atoms with Crippen LogP contribution in [0.2, 0.25) is 5.02 Å². The number of hydrogen-bond acceptors (Lipinski definition) is 2. The van der Waals surface area contributed by atoms with Gasteiger partial charge in [-0.25, -0.2) is 4.79 Å². The fourth-order valence-corrected chi connectivity index (χ4v) is 2.44. The Bertz CT molecular complexity index is 716. The molecular formula is C13H10ClNO3. The summed E-state index contributed by atoms with van der Waals surface area (Å²) < 4.78 is 0. The second-order valence-corrected chi connectivity index (χ2v) is 4.94. The first kappa shape index (κ1) is 11.3. The van der Waals surface area contributed by atoms with Crippen molar-refractivity contribution in [1.29, 1.82) is 0 Å². The Morgan fingerprint density at radius 2 is 2.11 bits per heavy atom. The SMILES string of the molecule is O=C(O)c1c[nH]c2cc(Cl)c(C3CC3)cc2c1=O. The highest BCUT2D eigenvalue weighted by atomic mass is 35.5. The number of nitrogens with one attached hydrogen (secondary N) is 1. The van der Waals surface area contributed by atoms with Crippen LogP contribution in [0.15, 0.2) is 23.1 Å². The van der Waals surface area contributed by atoms with Crippen LogP contribution in [0.25, 0.3) is 10.9 Å². The molecule has 0 amide bonds. The molecule has 0 aliphatic heterocycles. The molecular weight excluding hydrogens is 254 g/mol. The highest BCUT2D eigenvalue weighted by Gasteiger charge is 2.26. The van der Waals surface area contributed by atoms with Crippen LogP contribution in [0.5, 0.6) is 0 Å². The number of aromatic carboxylic acids is 1. The molecule has 2 N–H and O–H groups in total. The molecule has 1 fully saturated rings. The largest absolute Gasteiger partial charge is 0.477 e. The van der Waals surface area contributed by atoms with Crippen LogP contribution in [0.3, 0.4) is 0 Å². The number of carboxylic acids is 1. The number of hydrogen-bond donors (Lipinski definition) is 2. The Kier molecular flexibility index (Phi) is 2.41. The first-order valence-electron chi connectivity index (χ1n) is 5.66. The Hall–Kier alpha value is -1.81. The molecule has 1 saturated carbocycles. The molecule has 1 aromatic heterocycles. The molecule has 0 bridgehead atoms. The number of carbonyl (C=O) groups is 1. The molecule has 1 heterocycles. The quantitative estimate of drug-likeness (QED) is 0.875. The minimum atomic E-state index is -1.22. The van der Waals surface area contributed by atoms with Crippen LogP contribution in [0.4, 0.5) is 0 Å². The average Bonchev–Trinajstić information content (AvgIpc) is 3.12. The van der Waals surface area contributed by atoms with Gasteiger partial charge in [-0.15, -0.1) is 0 Å². The van der Waals surface area contributed by atoms with Crippen molar-refractivity contribution in [2.45, 2.75) is 18.8 Å². The fraction of sp³-hybridized carbons (Fsp3) is 0.231. The molecule has 0 radical (unpaired) electrons. The number of carboxylic acid groups (broad SMARTS) is 1. The predicted octanol–water partition coefficient (Wildman–Crippen LogP) is 2.76. The third-order valence-corrected chi connectivity index (χ3v) is 3.57. The second-order valence-electron chi connectivity index (χ2n) is 4.53. The van der Waals surface area contributed by atoms with E-state index in [1.165, 1.54) is 6.20 Å². The van der Waals surface area contributed by atoms with E-state index in [1.807, 2.05) is 0 Å². The zero-order chi connectivity index (χ0) is 12.9. The summed E-state index contributed by atoms with van der Waals surface area (Å²) in [4.78, 5) is 25.8. The van der Waals surface area contributed by atoms with Crippen molar-refractivity contribution in [3.05, 3.63) is 44.7 Å². The van der Waals surface area contributed by atoms with Crippen molar-refractivity contribution < 1.29 is 9.90 Å². The van der Waals surface area contributed by atoms with Gasteiger partial charge in [0.25, 0.3) is 0 Å². The number of rotatable bonds is 2. The number of aromatic nitrogens is 1. The normalized spacial score (nSPS) is 14.9. The molecule has 2 aromatic rings. The standard InChI is InChI=1S/C13H10ClNO3/c14-10-4-11-8(3-7(10)6-1-2-6)12(16)9(5-15-11)13(17)18/h3-6H,1-2H2,(H,15,16)(H,17,18). The van der Waals surface area contributed by atoms with Crippen molar-refractivity contribution in [3.8, 4) is 0 Å². The van der Waals surface area contributed by atoms with E-state index in [0.29, 0.717) is 21.8 Å². The van der Waals surface area contributed by atoms with Gasteiger partial charge in [0.1, 0.15) is 5.56 Å². The van der Waals surface area contributed by atoms with Crippen LogP contribution in [0, 0.1) is 0 Å². The topological polar surface area (TPSA) is 70.2 Å². The number of pyridine rings is 1. The van der Waals surface area contributed by atoms with Gasteiger partial charge in [0, 0.05) is 16.6 Å². The summed E-state index contributed by atoms with van der Waals surface area (Å²) in [7, 11) is 0. The Labute approximate surface area is 107 Å². The van der Waals surface area contributed by atoms with Gasteiger partial charge in [-0.3, -0.25) is 4.79 Å². The Morgan fingerprint density at radius 1 is 1.39 bits per heavy atom. The lowest BCUT2D eigenvalue weighted by molar-refractivity contribution is 0.0695. The summed E-state index contributed by atoms with van der Waals surface area (Å²) in [5.74, 6) is -0.809. The minimum Gasteiger partial charge on any atom is -0.477 e. The van der Waals surface area contributed by atoms with Crippen molar-refractivity contribution in [2.24, 2.45) is 0 Å². The number of benzene rings is 1. The lowest BCUT2D eigenvalue weighted by Gasteiger charge is -2.06. The summed E-state index contributed by atoms with van der Waals surface area (Å²) in [5, 5.41) is 9.94. The number of fused-ring (bicyclic) bond motifs is 1. The Balaban J connectivity index is 2.32. The average molecular weight is 264 g/mol. The summed E-state index contributed by atoms with van der Waals surface area (Å²) in [5.41, 5.74) is 0.804. The van der Waals surface area contributed by atoms with Crippen molar-refractivity contribution >= 4 is 28.5 Å². The first-order chi connectivity index (χ1) is 8.58. The molecule has 5 heteroatoms. The molecule has 92 valence electrons. The highest BCUT2D eigenvalue weighted by Crippen LogP contribution is 2.43. The molecule has 18 heavy (non-hydrogen) atoms. The van der Waals surface area contributed by atoms with Crippen molar-refractivity contribution in [1.82, 2.24) is 4.98 Å². The molecule has 0 spiro atoms. The summed E-state index contributed by atoms with van der Waals surface area (Å²) >= 11 is 6.15. The molecule has 3 rings (SSSR count). The lowest BCUT2D eigenvalue weighted by atomic mass is 10.1. The van der Waals surface area contributed by atoms with Gasteiger partial charge in [-0.2, -0.15) is 0 Å². The maximum absolute atomic E-state index is 12.0. The van der Waals surface area contributed by atoms with Gasteiger partial charge in [0.05, 0.1) is 5.52 Å². The maximum atomic E-state index is 12.0. The van der Waals surface area contributed by atoms with Crippen LogP contribution < -0.4 is 5.43 Å². The smallest absolute Gasteiger partial charge is 0.341 e. The van der Waals surface area contributed by atoms with Gasteiger partial charge in [-0.05, 0) is 36.5 Å². The van der Waals surface area contributed by atoms with E-state index in [1.54, 1.807) is 12.1 Å². The molecule has 0 atom stereocenters. The van der Waals surface area contributed by atoms with E-state index in [2.05, 4.69) is 4.98 Å². The summed E-state index contributed by atoms with van der Waals surface area (Å²) in [6.07, 6.45) is 3.35. The molecule has 4 nitrogen and oxygen atoms in total. The van der Waals surface area contributed by atoms with Gasteiger partial charge in [0.2, 0.25) is 5.43 Å². The van der Waals surface area contributed by atoms with Gasteiger partial charge in [-0.1, -0.05) is 11.6 Å². The van der Waals surface area contributed by atoms with Crippen molar-refractivity contribution in [3.63, 3.8) is 0 Å². The van der Waals surface area contributed by atoms with Crippen LogP contribution in [-0.2, 0) is 0 Å². The van der Waals surface area contributed by atoms with E-state index in [9.17, 15) is 9.59 Å². The zero-order valence-electron chi connectivity index (χ0n) is 9.37. The van der Waals surface area contributed by atoms with Crippen LogP contribution in [-0.4, -0.2) is 16.1 Å². The van der Waals surface area contributed by atoms with Crippen molar-refractivity contribution in [2.75, 3.05) is 0 Å². The summed E-state index contributed by atoms with van der Waals surface area (Å²) in [6, 6.07) is 3.41. The number of halogens is 1. The predicted molar refractivity (Wildman–Crippen MR) is 68.5 cm³/mol. The monoisotopic (exact) mass is 263 g/mol. The maximum Gasteiger partial charge on any atom is 0.341 e. The van der Waals surface area contributed by atoms with Crippen LogP contribution in [0.1, 0.15) is 34.7 Å². The van der Waals surface area contributed by atoms with Gasteiger partial charge >= 0.3 is 5.97 Å². The molecule has 1 aliphatic carbocycles. The fourth-order valence-electron chi connectivity index (χ4n) is 2.12. The van der Waals surface area contributed by atoms with E-state index in [4.69, 9.17) is 16.7 Å². The lowest BCUT2D eigenvalue weighted by Crippen LogP contribution is -2.15. The van der Waals surface area contributed by atoms with Crippen LogP contribution >= 0.6 is 11.6 Å². The molecule has 1 aromatic carbocycles.